The van der Waals surface area contributed by atoms with Crippen molar-refractivity contribution in [2.75, 3.05) is 24.8 Å². The van der Waals surface area contributed by atoms with Crippen LogP contribution in [0.3, 0.4) is 0 Å². The number of methoxy groups -OCH3 is 1. The van der Waals surface area contributed by atoms with Crippen LogP contribution in [0.2, 0.25) is 0 Å². The average Bonchev–Trinajstić information content (AvgIpc) is 3.31. The molecule has 1 N–H and O–H groups in total. The number of rotatable bonds is 9. The summed E-state index contributed by atoms with van der Waals surface area (Å²) in [5.41, 5.74) is 6.44. The quantitative estimate of drug-likeness (QED) is 0.268. The lowest BCUT2D eigenvalue weighted by Gasteiger charge is -2.27. The fraction of sp³-hybridized carbons (Fsp3) is 0.517. The van der Waals surface area contributed by atoms with Crippen molar-refractivity contribution < 1.29 is 4.74 Å². The number of hydrogen-bond acceptors (Lipinski definition) is 6. The summed E-state index contributed by atoms with van der Waals surface area (Å²) < 4.78 is 7.71. The molecule has 8 heteroatoms. The molecule has 0 fully saturated rings. The highest BCUT2D eigenvalue weighted by atomic mass is 31.0. The lowest BCUT2D eigenvalue weighted by atomic mass is 9.79. The van der Waals surface area contributed by atoms with Gasteiger partial charge in [-0.15, -0.1) is 14.3 Å². The van der Waals surface area contributed by atoms with Gasteiger partial charge in [0, 0.05) is 24.5 Å². The van der Waals surface area contributed by atoms with Crippen molar-refractivity contribution in [1.29, 1.82) is 5.41 Å². The second-order valence-electron chi connectivity index (χ2n) is 11.0. The molecule has 2 unspecified atom stereocenters. The summed E-state index contributed by atoms with van der Waals surface area (Å²) >= 11 is 0. The number of nitrogens with zero attached hydrogens (tertiary/aromatic N) is 5. The minimum Gasteiger partial charge on any atom is -0.480 e. The molecule has 0 amide bonds. The van der Waals surface area contributed by atoms with Gasteiger partial charge >= 0.3 is 0 Å². The van der Waals surface area contributed by atoms with E-state index in [-0.39, 0.29) is 11.3 Å². The van der Waals surface area contributed by atoms with Crippen LogP contribution in [0.25, 0.3) is 11.5 Å². The highest BCUT2D eigenvalue weighted by Crippen LogP contribution is 2.37. The molecular weight excluding hydrogens is 479 g/mol. The number of ether oxygens (including phenoxy) is 1. The van der Waals surface area contributed by atoms with E-state index >= 15 is 0 Å². The fourth-order valence-corrected chi connectivity index (χ4v) is 5.58. The van der Waals surface area contributed by atoms with E-state index in [1.165, 1.54) is 16.7 Å². The summed E-state index contributed by atoms with van der Waals surface area (Å²) in [6.07, 6.45) is 5.07. The Hall–Kier alpha value is -2.79. The van der Waals surface area contributed by atoms with Gasteiger partial charge in [0.05, 0.1) is 13.7 Å². The Labute approximate surface area is 223 Å². The van der Waals surface area contributed by atoms with E-state index < -0.39 is 0 Å². The normalized spacial score (nSPS) is 15.4. The highest BCUT2D eigenvalue weighted by molar-refractivity contribution is 7.16. The van der Waals surface area contributed by atoms with Gasteiger partial charge in [0.15, 0.2) is 5.82 Å². The van der Waals surface area contributed by atoms with E-state index in [2.05, 4.69) is 64.7 Å². The topological polar surface area (TPSA) is 79.9 Å². The summed E-state index contributed by atoms with van der Waals surface area (Å²) in [6.45, 7) is 12.3. The zero-order valence-corrected chi connectivity index (χ0v) is 24.3. The van der Waals surface area contributed by atoms with Crippen molar-refractivity contribution in [3.63, 3.8) is 0 Å². The molecule has 0 spiro atoms. The second kappa shape index (κ2) is 11.3. The Morgan fingerprint density at radius 2 is 2.00 bits per heavy atom. The molecule has 0 aliphatic carbocycles. The molecule has 4 rings (SSSR count). The first-order valence-corrected chi connectivity index (χ1v) is 14.1. The predicted molar refractivity (Wildman–Crippen MR) is 155 cm³/mol. The number of hydrogen-bond donors (Lipinski definition) is 1. The van der Waals surface area contributed by atoms with E-state index in [0.717, 1.165) is 43.7 Å². The lowest BCUT2D eigenvalue weighted by molar-refractivity contribution is 0.398. The van der Waals surface area contributed by atoms with Crippen molar-refractivity contribution in [2.45, 2.75) is 78.2 Å². The first-order valence-electron chi connectivity index (χ1n) is 13.3. The van der Waals surface area contributed by atoms with Crippen molar-refractivity contribution in [1.82, 2.24) is 19.7 Å². The van der Waals surface area contributed by atoms with E-state index in [4.69, 9.17) is 25.2 Å². The monoisotopic (exact) mass is 520 g/mol. The average molecular weight is 521 g/mol. The molecule has 198 valence electrons. The number of pyridine rings is 1. The number of benzene rings is 1. The Balaban J connectivity index is 1.70. The van der Waals surface area contributed by atoms with Gasteiger partial charge in [-0.2, -0.15) is 0 Å². The molecule has 37 heavy (non-hydrogen) atoms. The second-order valence-corrected chi connectivity index (χ2v) is 11.4. The van der Waals surface area contributed by atoms with Crippen molar-refractivity contribution in [3.05, 3.63) is 52.8 Å². The Bertz CT molecular complexity index is 1260. The van der Waals surface area contributed by atoms with E-state index in [1.807, 2.05) is 12.1 Å². The van der Waals surface area contributed by atoms with Crippen molar-refractivity contribution in [2.24, 2.45) is 0 Å². The van der Waals surface area contributed by atoms with Gasteiger partial charge in [0.25, 0.3) is 0 Å². The van der Waals surface area contributed by atoms with Crippen LogP contribution in [0.15, 0.2) is 30.3 Å². The van der Waals surface area contributed by atoms with Gasteiger partial charge in [-0.05, 0) is 60.4 Å². The first kappa shape index (κ1) is 27.3. The zero-order valence-electron chi connectivity index (χ0n) is 23.1. The number of nitrogens with one attached hydrogen (secondary N) is 1. The third-order valence-electron chi connectivity index (χ3n) is 6.99. The fourth-order valence-electron chi connectivity index (χ4n) is 5.25. The van der Waals surface area contributed by atoms with E-state index in [0.29, 0.717) is 35.9 Å². The van der Waals surface area contributed by atoms with Crippen LogP contribution in [-0.4, -0.2) is 45.4 Å². The third kappa shape index (κ3) is 5.87. The van der Waals surface area contributed by atoms with E-state index in [1.54, 1.807) is 14.0 Å². The largest absolute Gasteiger partial charge is 0.480 e. The van der Waals surface area contributed by atoms with Crippen molar-refractivity contribution in [3.8, 4) is 17.4 Å². The lowest BCUT2D eigenvalue weighted by Crippen LogP contribution is -2.27. The van der Waals surface area contributed by atoms with Crippen LogP contribution >= 0.6 is 9.24 Å². The SMILES string of the molecule is CCCc1ccc(C2CCCn3nc(-c4ccc(N(CP)CC(C)=N)c(OC)n4)nc32)cc1C(C)(C)C. The minimum atomic E-state index is 0.0946. The smallest absolute Gasteiger partial charge is 0.238 e. The summed E-state index contributed by atoms with van der Waals surface area (Å²) in [5, 5.41) is 12.8. The molecule has 0 saturated heterocycles. The number of anilines is 1. The molecule has 2 aromatic heterocycles. The van der Waals surface area contributed by atoms with Crippen LogP contribution < -0.4 is 9.64 Å². The summed E-state index contributed by atoms with van der Waals surface area (Å²) in [4.78, 5) is 11.9. The molecular formula is C29H41N6OP. The maximum absolute atomic E-state index is 7.89. The van der Waals surface area contributed by atoms with Gasteiger partial charge in [-0.3, -0.25) is 0 Å². The number of fused-ring (bicyclic) bond motifs is 1. The van der Waals surface area contributed by atoms with Gasteiger partial charge < -0.3 is 15.0 Å². The molecule has 0 radical (unpaired) electrons. The molecule has 1 aliphatic rings. The Kier molecular flexibility index (Phi) is 8.33. The Morgan fingerprint density at radius 1 is 1.22 bits per heavy atom. The van der Waals surface area contributed by atoms with Crippen molar-refractivity contribution >= 4 is 20.6 Å². The Morgan fingerprint density at radius 3 is 2.65 bits per heavy atom. The molecule has 3 heterocycles. The molecule has 3 aromatic rings. The summed E-state index contributed by atoms with van der Waals surface area (Å²) in [6, 6.07) is 11.0. The van der Waals surface area contributed by atoms with Gasteiger partial charge in [0.1, 0.15) is 17.2 Å². The van der Waals surface area contributed by atoms with Gasteiger partial charge in [0.2, 0.25) is 5.88 Å². The predicted octanol–water partition coefficient (Wildman–Crippen LogP) is 6.20. The van der Waals surface area contributed by atoms with Crippen LogP contribution in [-0.2, 0) is 18.4 Å². The molecule has 0 bridgehead atoms. The number of aromatic nitrogens is 4. The molecule has 0 saturated carbocycles. The maximum Gasteiger partial charge on any atom is 0.238 e. The first-order chi connectivity index (χ1) is 17.7. The molecule has 1 aliphatic heterocycles. The molecule has 7 nitrogen and oxygen atoms in total. The molecule has 1 aromatic carbocycles. The van der Waals surface area contributed by atoms with Crippen LogP contribution in [0.4, 0.5) is 5.69 Å². The van der Waals surface area contributed by atoms with Gasteiger partial charge in [-0.1, -0.05) is 52.3 Å². The molecule has 2 atom stereocenters. The highest BCUT2D eigenvalue weighted by Gasteiger charge is 2.29. The van der Waals surface area contributed by atoms with E-state index in [9.17, 15) is 0 Å². The summed E-state index contributed by atoms with van der Waals surface area (Å²) in [7, 11) is 4.35. The van der Waals surface area contributed by atoms with Gasteiger partial charge in [-0.25, -0.2) is 14.6 Å². The third-order valence-corrected chi connectivity index (χ3v) is 7.43. The van der Waals surface area contributed by atoms with Crippen LogP contribution in [0.1, 0.15) is 82.3 Å². The minimum absolute atomic E-state index is 0.0946. The zero-order chi connectivity index (χ0) is 26.7. The maximum atomic E-state index is 7.89. The standard InChI is InChI=1S/C29H41N6OP/c1-7-9-20-11-12-21(16-23(20)29(3,4)5)22-10-8-15-35-27(22)32-26(33-35)24-13-14-25(28(31-24)36-6)34(18-37)17-19(2)30/h11-14,16,22,30H,7-10,15,17-18,37H2,1-6H3. The summed E-state index contributed by atoms with van der Waals surface area (Å²) in [5.74, 6) is 2.38. The van der Waals surface area contributed by atoms with Crippen LogP contribution in [0, 0.1) is 5.41 Å². The van der Waals surface area contributed by atoms with Crippen LogP contribution in [0.5, 0.6) is 5.88 Å². The number of aryl methyl sites for hydroxylation is 2.